The van der Waals surface area contributed by atoms with Crippen molar-refractivity contribution in [3.05, 3.63) is 16.1 Å². The van der Waals surface area contributed by atoms with Crippen LogP contribution in [0.15, 0.2) is 5.38 Å². The molecule has 0 amide bonds. The van der Waals surface area contributed by atoms with Crippen LogP contribution >= 0.6 is 11.3 Å². The second kappa shape index (κ2) is 7.36. The predicted molar refractivity (Wildman–Crippen MR) is 82.4 cm³/mol. The van der Waals surface area contributed by atoms with Gasteiger partial charge in [0.2, 0.25) is 0 Å². The van der Waals surface area contributed by atoms with Crippen LogP contribution in [0.5, 0.6) is 0 Å². The molecule has 0 saturated heterocycles. The van der Waals surface area contributed by atoms with Crippen LogP contribution < -0.4 is 5.32 Å². The van der Waals surface area contributed by atoms with Crippen molar-refractivity contribution >= 4 is 11.3 Å². The van der Waals surface area contributed by atoms with Gasteiger partial charge >= 0.3 is 0 Å². The van der Waals surface area contributed by atoms with Crippen LogP contribution in [0.3, 0.4) is 0 Å². The first-order valence-corrected chi connectivity index (χ1v) is 8.45. The molecule has 1 aromatic rings. The molecule has 1 aliphatic carbocycles. The SMILES string of the molecule is CCCNCc1nc(CN(CC2CC2)C(C)C)cs1. The lowest BCUT2D eigenvalue weighted by Gasteiger charge is -2.25. The Labute approximate surface area is 121 Å². The fourth-order valence-electron chi connectivity index (χ4n) is 2.17. The lowest BCUT2D eigenvalue weighted by molar-refractivity contribution is 0.201. The van der Waals surface area contributed by atoms with E-state index in [1.54, 1.807) is 11.3 Å². The third kappa shape index (κ3) is 5.21. The zero-order chi connectivity index (χ0) is 13.7. The van der Waals surface area contributed by atoms with Crippen LogP contribution in [-0.2, 0) is 13.1 Å². The summed E-state index contributed by atoms with van der Waals surface area (Å²) in [5.74, 6) is 0.951. The molecule has 2 rings (SSSR count). The number of hydrogen-bond donors (Lipinski definition) is 1. The quantitative estimate of drug-likeness (QED) is 0.704. The minimum absolute atomic E-state index is 0.615. The third-order valence-electron chi connectivity index (χ3n) is 3.59. The van der Waals surface area contributed by atoms with Crippen molar-refractivity contribution in [3.8, 4) is 0 Å². The Balaban J connectivity index is 1.82. The maximum absolute atomic E-state index is 4.75. The molecule has 1 N–H and O–H groups in total. The Morgan fingerprint density at radius 2 is 2.26 bits per heavy atom. The van der Waals surface area contributed by atoms with Crippen molar-refractivity contribution in [2.45, 2.75) is 59.2 Å². The van der Waals surface area contributed by atoms with Gasteiger partial charge in [0.25, 0.3) is 0 Å². The molecule has 0 radical (unpaired) electrons. The standard InChI is InChI=1S/C15H27N3S/c1-4-7-16-8-15-17-14(11-19-15)10-18(12(2)3)9-13-5-6-13/h11-13,16H,4-10H2,1-3H3. The van der Waals surface area contributed by atoms with Crippen molar-refractivity contribution < 1.29 is 0 Å². The first-order chi connectivity index (χ1) is 9.19. The summed E-state index contributed by atoms with van der Waals surface area (Å²) < 4.78 is 0. The summed E-state index contributed by atoms with van der Waals surface area (Å²) >= 11 is 1.79. The average molecular weight is 281 g/mol. The Morgan fingerprint density at radius 3 is 2.89 bits per heavy atom. The normalized spacial score (nSPS) is 15.6. The predicted octanol–water partition coefficient (Wildman–Crippen LogP) is 3.26. The molecule has 0 atom stereocenters. The Kier molecular flexibility index (Phi) is 5.79. The van der Waals surface area contributed by atoms with Crippen molar-refractivity contribution in [2.24, 2.45) is 5.92 Å². The second-order valence-corrected chi connectivity index (χ2v) is 6.82. The highest BCUT2D eigenvalue weighted by molar-refractivity contribution is 7.09. The van der Waals surface area contributed by atoms with E-state index < -0.39 is 0 Å². The monoisotopic (exact) mass is 281 g/mol. The molecule has 0 unspecified atom stereocenters. The highest BCUT2D eigenvalue weighted by atomic mass is 32.1. The number of rotatable bonds is 9. The summed E-state index contributed by atoms with van der Waals surface area (Å²) in [5.41, 5.74) is 1.24. The summed E-state index contributed by atoms with van der Waals surface area (Å²) in [4.78, 5) is 7.31. The number of hydrogen-bond acceptors (Lipinski definition) is 4. The van der Waals surface area contributed by atoms with Gasteiger partial charge in [0.05, 0.1) is 5.69 Å². The Bertz CT molecular complexity index is 371. The molecular formula is C15H27N3S. The number of nitrogens with one attached hydrogen (secondary N) is 1. The van der Waals surface area contributed by atoms with Crippen molar-refractivity contribution in [1.29, 1.82) is 0 Å². The summed E-state index contributed by atoms with van der Waals surface area (Å²) in [6.07, 6.45) is 4.03. The van der Waals surface area contributed by atoms with Crippen molar-refractivity contribution in [3.63, 3.8) is 0 Å². The van der Waals surface area contributed by atoms with Crippen LogP contribution in [0.2, 0.25) is 0 Å². The third-order valence-corrected chi connectivity index (χ3v) is 4.48. The van der Waals surface area contributed by atoms with Crippen LogP contribution in [0.1, 0.15) is 50.7 Å². The van der Waals surface area contributed by atoms with E-state index >= 15 is 0 Å². The van der Waals surface area contributed by atoms with Gasteiger partial charge in [0.1, 0.15) is 5.01 Å². The van der Waals surface area contributed by atoms with Gasteiger partial charge in [-0.25, -0.2) is 4.98 Å². The highest BCUT2D eigenvalue weighted by Gasteiger charge is 2.25. The smallest absolute Gasteiger partial charge is 0.107 e. The maximum Gasteiger partial charge on any atom is 0.107 e. The van der Waals surface area contributed by atoms with E-state index in [1.165, 1.54) is 36.5 Å². The molecule has 1 fully saturated rings. The van der Waals surface area contributed by atoms with Gasteiger partial charge in [-0.1, -0.05) is 6.92 Å². The van der Waals surface area contributed by atoms with Gasteiger partial charge in [0.15, 0.2) is 0 Å². The van der Waals surface area contributed by atoms with E-state index in [2.05, 4.69) is 36.4 Å². The van der Waals surface area contributed by atoms with Crippen LogP contribution in [0, 0.1) is 5.92 Å². The Morgan fingerprint density at radius 1 is 1.47 bits per heavy atom. The zero-order valence-electron chi connectivity index (χ0n) is 12.5. The van der Waals surface area contributed by atoms with Crippen LogP contribution in [0.25, 0.3) is 0 Å². The molecule has 1 heterocycles. The van der Waals surface area contributed by atoms with Gasteiger partial charge in [0, 0.05) is 31.1 Å². The van der Waals surface area contributed by atoms with Crippen molar-refractivity contribution in [1.82, 2.24) is 15.2 Å². The lowest BCUT2D eigenvalue weighted by Crippen LogP contribution is -2.32. The molecule has 0 spiro atoms. The first-order valence-electron chi connectivity index (χ1n) is 7.57. The molecule has 19 heavy (non-hydrogen) atoms. The molecule has 0 aliphatic heterocycles. The fourth-order valence-corrected chi connectivity index (χ4v) is 2.93. The minimum atomic E-state index is 0.615. The summed E-state index contributed by atoms with van der Waals surface area (Å²) in [7, 11) is 0. The lowest BCUT2D eigenvalue weighted by atomic mass is 10.2. The Hall–Kier alpha value is -0.450. The number of thiazole rings is 1. The molecule has 1 aliphatic rings. The first kappa shape index (κ1) is 14.9. The van der Waals surface area contributed by atoms with E-state index in [4.69, 9.17) is 4.98 Å². The van der Waals surface area contributed by atoms with E-state index in [9.17, 15) is 0 Å². The molecule has 1 saturated carbocycles. The number of aromatic nitrogens is 1. The van der Waals surface area contributed by atoms with E-state index in [0.717, 1.165) is 25.6 Å². The zero-order valence-corrected chi connectivity index (χ0v) is 13.3. The number of nitrogens with zero attached hydrogens (tertiary/aromatic N) is 2. The molecule has 0 aromatic carbocycles. The minimum Gasteiger partial charge on any atom is -0.310 e. The molecule has 108 valence electrons. The molecule has 0 bridgehead atoms. The fraction of sp³-hybridized carbons (Fsp3) is 0.800. The summed E-state index contributed by atoms with van der Waals surface area (Å²) in [6.45, 7) is 11.0. The molecular weight excluding hydrogens is 254 g/mol. The topological polar surface area (TPSA) is 28.2 Å². The average Bonchev–Trinajstić information content (AvgIpc) is 3.08. The van der Waals surface area contributed by atoms with Gasteiger partial charge in [-0.05, 0) is 45.6 Å². The van der Waals surface area contributed by atoms with E-state index in [-0.39, 0.29) is 0 Å². The van der Waals surface area contributed by atoms with Gasteiger partial charge in [-0.3, -0.25) is 4.90 Å². The molecule has 4 heteroatoms. The maximum atomic E-state index is 4.75. The van der Waals surface area contributed by atoms with E-state index in [0.29, 0.717) is 6.04 Å². The second-order valence-electron chi connectivity index (χ2n) is 5.88. The van der Waals surface area contributed by atoms with Gasteiger partial charge in [-0.2, -0.15) is 0 Å². The van der Waals surface area contributed by atoms with Gasteiger partial charge < -0.3 is 5.32 Å². The van der Waals surface area contributed by atoms with Crippen molar-refractivity contribution in [2.75, 3.05) is 13.1 Å². The summed E-state index contributed by atoms with van der Waals surface area (Å²) in [5, 5.41) is 6.87. The van der Waals surface area contributed by atoms with E-state index in [1.807, 2.05) is 0 Å². The summed E-state index contributed by atoms with van der Waals surface area (Å²) in [6, 6.07) is 0.615. The highest BCUT2D eigenvalue weighted by Crippen LogP contribution is 2.30. The largest absolute Gasteiger partial charge is 0.310 e. The molecule has 3 nitrogen and oxygen atoms in total. The van der Waals surface area contributed by atoms with Crippen LogP contribution in [-0.4, -0.2) is 29.0 Å². The molecule has 1 aromatic heterocycles. The van der Waals surface area contributed by atoms with Crippen LogP contribution in [0.4, 0.5) is 0 Å². The van der Waals surface area contributed by atoms with Gasteiger partial charge in [-0.15, -0.1) is 11.3 Å².